The van der Waals surface area contributed by atoms with E-state index in [-0.39, 0.29) is 6.61 Å². The molecule has 0 spiro atoms. The molecule has 0 aliphatic rings. The zero-order valence-electron chi connectivity index (χ0n) is 16.4. The molecule has 4 rings (SSSR count). The van der Waals surface area contributed by atoms with Crippen molar-refractivity contribution < 1.29 is 17.9 Å². The van der Waals surface area contributed by atoms with Crippen LogP contribution >= 0.6 is 0 Å². The van der Waals surface area contributed by atoms with Crippen LogP contribution in [0.5, 0.6) is 17.2 Å². The third-order valence-electron chi connectivity index (χ3n) is 4.52. The fourth-order valence-electron chi connectivity index (χ4n) is 3.05. The lowest BCUT2D eigenvalue weighted by Gasteiger charge is -2.12. The van der Waals surface area contributed by atoms with Gasteiger partial charge in [-0.15, -0.1) is 0 Å². The summed E-state index contributed by atoms with van der Waals surface area (Å²) in [6.07, 6.45) is 0. The molecule has 1 N–H and O–H groups in total. The van der Waals surface area contributed by atoms with Crippen LogP contribution in [0.1, 0.15) is 5.56 Å². The maximum Gasteiger partial charge on any atom is 0.262 e. The summed E-state index contributed by atoms with van der Waals surface area (Å²) < 4.78 is 31.8. The SMILES string of the molecule is COc1ccc(Oc2ccc(NS(=O)OCc3ccccc3)cc2)c2ccccc12. The van der Waals surface area contributed by atoms with E-state index in [0.29, 0.717) is 11.4 Å². The van der Waals surface area contributed by atoms with Gasteiger partial charge in [-0.1, -0.05) is 54.6 Å². The highest BCUT2D eigenvalue weighted by Gasteiger charge is 2.08. The molecule has 5 nitrogen and oxygen atoms in total. The van der Waals surface area contributed by atoms with Gasteiger partial charge in [0.25, 0.3) is 11.3 Å². The van der Waals surface area contributed by atoms with Crippen LogP contribution in [0.2, 0.25) is 0 Å². The second-order valence-electron chi connectivity index (χ2n) is 6.52. The summed E-state index contributed by atoms with van der Waals surface area (Å²) in [4.78, 5) is 0. The number of hydrogen-bond donors (Lipinski definition) is 1. The van der Waals surface area contributed by atoms with Gasteiger partial charge in [-0.25, -0.2) is 4.21 Å². The average molecular weight is 420 g/mol. The van der Waals surface area contributed by atoms with Crippen molar-refractivity contribution in [3.8, 4) is 17.2 Å². The molecule has 0 aliphatic carbocycles. The smallest absolute Gasteiger partial charge is 0.262 e. The number of rotatable bonds is 8. The molecule has 0 radical (unpaired) electrons. The van der Waals surface area contributed by atoms with Crippen molar-refractivity contribution in [2.24, 2.45) is 0 Å². The van der Waals surface area contributed by atoms with Gasteiger partial charge < -0.3 is 9.47 Å². The Bertz CT molecular complexity index is 1150. The van der Waals surface area contributed by atoms with Crippen molar-refractivity contribution in [2.75, 3.05) is 11.8 Å². The van der Waals surface area contributed by atoms with Gasteiger partial charge in [0.2, 0.25) is 0 Å². The average Bonchev–Trinajstić information content (AvgIpc) is 2.80. The van der Waals surface area contributed by atoms with Crippen LogP contribution in [0, 0.1) is 0 Å². The Morgan fingerprint density at radius 3 is 2.10 bits per heavy atom. The van der Waals surface area contributed by atoms with Gasteiger partial charge in [0.05, 0.1) is 13.7 Å². The van der Waals surface area contributed by atoms with E-state index in [2.05, 4.69) is 4.72 Å². The predicted octanol–water partition coefficient (Wildman–Crippen LogP) is 5.85. The van der Waals surface area contributed by atoms with Crippen LogP contribution in [0.3, 0.4) is 0 Å². The van der Waals surface area contributed by atoms with Crippen molar-refractivity contribution in [1.29, 1.82) is 0 Å². The van der Waals surface area contributed by atoms with E-state index in [0.717, 1.165) is 27.8 Å². The Balaban J connectivity index is 1.41. The number of benzene rings is 4. The molecule has 0 amide bonds. The van der Waals surface area contributed by atoms with Gasteiger partial charge in [0, 0.05) is 16.5 Å². The Morgan fingerprint density at radius 1 is 0.767 bits per heavy atom. The molecule has 0 bridgehead atoms. The lowest BCUT2D eigenvalue weighted by molar-refractivity contribution is 0.340. The van der Waals surface area contributed by atoms with E-state index >= 15 is 0 Å². The van der Waals surface area contributed by atoms with Crippen LogP contribution in [-0.2, 0) is 22.1 Å². The molecule has 0 aromatic heterocycles. The summed E-state index contributed by atoms with van der Waals surface area (Å²) in [6, 6.07) is 28.5. The molecule has 0 saturated heterocycles. The summed E-state index contributed by atoms with van der Waals surface area (Å²) in [6.45, 7) is 0.270. The van der Waals surface area contributed by atoms with E-state index in [1.807, 2.05) is 78.9 Å². The number of nitrogens with one attached hydrogen (secondary N) is 1. The first-order valence-corrected chi connectivity index (χ1v) is 10.5. The van der Waals surface area contributed by atoms with Crippen LogP contribution in [0.25, 0.3) is 10.8 Å². The zero-order chi connectivity index (χ0) is 20.8. The molecule has 0 fully saturated rings. The minimum Gasteiger partial charge on any atom is -0.496 e. The van der Waals surface area contributed by atoms with Crippen molar-refractivity contribution in [2.45, 2.75) is 6.61 Å². The zero-order valence-corrected chi connectivity index (χ0v) is 17.2. The maximum absolute atomic E-state index is 12.1. The second kappa shape index (κ2) is 9.43. The van der Waals surface area contributed by atoms with E-state index in [1.165, 1.54) is 0 Å². The third kappa shape index (κ3) is 4.79. The Kier molecular flexibility index (Phi) is 6.27. The molecular weight excluding hydrogens is 398 g/mol. The molecule has 6 heteroatoms. The first kappa shape index (κ1) is 19.9. The summed E-state index contributed by atoms with van der Waals surface area (Å²) in [5.41, 5.74) is 1.64. The van der Waals surface area contributed by atoms with Gasteiger partial charge in [-0.05, 0) is 42.0 Å². The minimum absolute atomic E-state index is 0.270. The van der Waals surface area contributed by atoms with Crippen molar-refractivity contribution in [1.82, 2.24) is 0 Å². The lowest BCUT2D eigenvalue weighted by Crippen LogP contribution is -2.08. The highest BCUT2D eigenvalue weighted by atomic mass is 32.2. The highest BCUT2D eigenvalue weighted by Crippen LogP contribution is 2.35. The standard InChI is InChI=1S/C24H21NO4S/c1-27-23-15-16-24(22-10-6-5-9-21(22)23)29-20-13-11-19(12-14-20)25-30(26)28-17-18-7-3-2-4-8-18/h2-16,25H,17H2,1H3. The molecule has 0 heterocycles. The van der Waals surface area contributed by atoms with E-state index in [1.54, 1.807) is 19.2 Å². The molecule has 152 valence electrons. The van der Waals surface area contributed by atoms with Gasteiger partial charge in [0.15, 0.2) is 0 Å². The lowest BCUT2D eigenvalue weighted by atomic mass is 10.1. The number of hydrogen-bond acceptors (Lipinski definition) is 4. The van der Waals surface area contributed by atoms with Crippen molar-refractivity contribution in [3.05, 3.63) is 96.6 Å². The molecule has 0 saturated carbocycles. The third-order valence-corrected chi connectivity index (χ3v) is 5.26. The summed E-state index contributed by atoms with van der Waals surface area (Å²) >= 11 is -1.64. The molecule has 4 aromatic carbocycles. The fraction of sp³-hybridized carbons (Fsp3) is 0.0833. The topological polar surface area (TPSA) is 56.8 Å². The second-order valence-corrected chi connectivity index (χ2v) is 7.43. The van der Waals surface area contributed by atoms with E-state index in [9.17, 15) is 4.21 Å². The normalized spacial score (nSPS) is 11.8. The number of ether oxygens (including phenoxy) is 2. The van der Waals surface area contributed by atoms with Gasteiger partial charge in [-0.3, -0.25) is 8.91 Å². The van der Waals surface area contributed by atoms with Crippen LogP contribution < -0.4 is 14.2 Å². The Hall–Kier alpha value is -3.35. The molecular formula is C24H21NO4S. The first-order valence-electron chi connectivity index (χ1n) is 9.42. The number of fused-ring (bicyclic) bond motifs is 1. The van der Waals surface area contributed by atoms with Crippen LogP contribution in [-0.4, -0.2) is 11.3 Å². The van der Waals surface area contributed by atoms with Crippen LogP contribution in [0.15, 0.2) is 91.0 Å². The Morgan fingerprint density at radius 2 is 1.40 bits per heavy atom. The highest BCUT2D eigenvalue weighted by molar-refractivity contribution is 7.81. The maximum atomic E-state index is 12.1. The fourth-order valence-corrected chi connectivity index (χ4v) is 3.68. The molecule has 1 unspecified atom stereocenters. The van der Waals surface area contributed by atoms with Crippen LogP contribution in [0.4, 0.5) is 5.69 Å². The minimum atomic E-state index is -1.64. The monoisotopic (exact) mass is 419 g/mol. The quantitative estimate of drug-likeness (QED) is 0.389. The van der Waals surface area contributed by atoms with Gasteiger partial charge in [0.1, 0.15) is 17.2 Å². The first-order chi connectivity index (χ1) is 14.7. The Labute approximate surface area is 178 Å². The molecule has 1 atom stereocenters. The van der Waals surface area contributed by atoms with Gasteiger partial charge in [-0.2, -0.15) is 0 Å². The summed E-state index contributed by atoms with van der Waals surface area (Å²) in [5.74, 6) is 2.21. The predicted molar refractivity (Wildman–Crippen MR) is 120 cm³/mol. The van der Waals surface area contributed by atoms with E-state index in [4.69, 9.17) is 13.7 Å². The van der Waals surface area contributed by atoms with Gasteiger partial charge >= 0.3 is 0 Å². The molecule has 30 heavy (non-hydrogen) atoms. The number of anilines is 1. The number of methoxy groups -OCH3 is 1. The molecule has 4 aromatic rings. The molecule has 0 aliphatic heterocycles. The van der Waals surface area contributed by atoms with Crippen molar-refractivity contribution in [3.63, 3.8) is 0 Å². The largest absolute Gasteiger partial charge is 0.496 e. The van der Waals surface area contributed by atoms with Crippen molar-refractivity contribution >= 4 is 27.7 Å². The summed E-state index contributed by atoms with van der Waals surface area (Å²) in [7, 11) is 1.65. The summed E-state index contributed by atoms with van der Waals surface area (Å²) in [5, 5.41) is 1.95. The van der Waals surface area contributed by atoms with E-state index < -0.39 is 11.3 Å².